The van der Waals surface area contributed by atoms with E-state index >= 15 is 0 Å². The molecule has 148 valence electrons. The number of rotatable bonds is 7. The summed E-state index contributed by atoms with van der Waals surface area (Å²) in [4.78, 5) is 27.6. The molecule has 3 rings (SSSR count). The van der Waals surface area contributed by atoms with Gasteiger partial charge in [-0.2, -0.15) is 0 Å². The predicted molar refractivity (Wildman–Crippen MR) is 106 cm³/mol. The Morgan fingerprint density at radius 3 is 2.39 bits per heavy atom. The molecule has 1 heterocycles. The Hall–Kier alpha value is -2.77. The Labute approximate surface area is 163 Å². The average Bonchev–Trinajstić information content (AvgIpc) is 3.04. The van der Waals surface area contributed by atoms with E-state index in [0.29, 0.717) is 18.8 Å². The molecule has 0 radical (unpaired) electrons. The highest BCUT2D eigenvalue weighted by atomic mass is 19.1. The van der Waals surface area contributed by atoms with E-state index in [2.05, 4.69) is 0 Å². The smallest absolute Gasteiger partial charge is 0.241 e. The first-order chi connectivity index (χ1) is 13.4. The van der Waals surface area contributed by atoms with Crippen molar-refractivity contribution >= 4 is 17.5 Å². The van der Waals surface area contributed by atoms with Crippen LogP contribution >= 0.6 is 0 Å². The van der Waals surface area contributed by atoms with Crippen molar-refractivity contribution in [3.8, 4) is 0 Å². The number of carbonyl (C=O) groups is 2. The van der Waals surface area contributed by atoms with Crippen LogP contribution in [0.25, 0.3) is 0 Å². The minimum absolute atomic E-state index is 0.0370. The second-order valence-electron chi connectivity index (χ2n) is 7.11. The Bertz CT molecular complexity index is 813. The van der Waals surface area contributed by atoms with Crippen LogP contribution in [0.5, 0.6) is 0 Å². The van der Waals surface area contributed by atoms with E-state index in [9.17, 15) is 14.0 Å². The van der Waals surface area contributed by atoms with E-state index < -0.39 is 5.91 Å². The summed E-state index contributed by atoms with van der Waals surface area (Å²) >= 11 is 0. The minimum Gasteiger partial charge on any atom is -0.370 e. The van der Waals surface area contributed by atoms with Crippen LogP contribution in [-0.4, -0.2) is 48.9 Å². The summed E-state index contributed by atoms with van der Waals surface area (Å²) in [7, 11) is 0. The Morgan fingerprint density at radius 1 is 1.07 bits per heavy atom. The normalized spacial score (nSPS) is 19.5. The van der Waals surface area contributed by atoms with Crippen molar-refractivity contribution in [1.82, 2.24) is 4.90 Å². The minimum atomic E-state index is -0.493. The topological polar surface area (TPSA) is 92.7 Å². The predicted octanol–water partition coefficient (Wildman–Crippen LogP) is 1.46. The van der Waals surface area contributed by atoms with Gasteiger partial charge in [0.2, 0.25) is 11.8 Å². The van der Waals surface area contributed by atoms with E-state index in [0.717, 1.165) is 5.56 Å². The number of hydrogen-bond acceptors (Lipinski definition) is 4. The molecule has 0 aliphatic carbocycles. The van der Waals surface area contributed by atoms with Gasteiger partial charge >= 0.3 is 0 Å². The molecule has 0 spiro atoms. The highest BCUT2D eigenvalue weighted by Gasteiger charge is 2.33. The number of anilines is 1. The lowest BCUT2D eigenvalue weighted by Crippen LogP contribution is -2.41. The zero-order valence-electron chi connectivity index (χ0n) is 15.6. The Morgan fingerprint density at radius 2 is 1.75 bits per heavy atom. The highest BCUT2D eigenvalue weighted by Crippen LogP contribution is 2.26. The van der Waals surface area contributed by atoms with Gasteiger partial charge in [0.15, 0.2) is 0 Å². The molecule has 28 heavy (non-hydrogen) atoms. The SMILES string of the molecule is NC(=O)CCN(C(=O)CN1C[C@@H](N)[C@H](c2ccccc2)C1)c1ccc(F)cc1. The van der Waals surface area contributed by atoms with Crippen molar-refractivity contribution in [3.05, 3.63) is 66.0 Å². The molecule has 1 saturated heterocycles. The molecule has 1 aliphatic heterocycles. The third-order valence-corrected chi connectivity index (χ3v) is 5.05. The fourth-order valence-corrected chi connectivity index (χ4v) is 3.61. The maximum absolute atomic E-state index is 13.2. The van der Waals surface area contributed by atoms with Crippen LogP contribution in [0.1, 0.15) is 17.9 Å². The van der Waals surface area contributed by atoms with E-state index in [4.69, 9.17) is 11.5 Å². The van der Waals surface area contributed by atoms with E-state index in [1.165, 1.54) is 29.2 Å². The number of nitrogens with two attached hydrogens (primary N) is 2. The number of halogens is 1. The van der Waals surface area contributed by atoms with Gasteiger partial charge in [-0.25, -0.2) is 4.39 Å². The van der Waals surface area contributed by atoms with Crippen LogP contribution in [0, 0.1) is 5.82 Å². The zero-order valence-corrected chi connectivity index (χ0v) is 15.6. The summed E-state index contributed by atoms with van der Waals surface area (Å²) in [5, 5.41) is 0. The number of carbonyl (C=O) groups excluding carboxylic acids is 2. The van der Waals surface area contributed by atoms with E-state index in [1.807, 2.05) is 35.2 Å². The van der Waals surface area contributed by atoms with Gasteiger partial charge in [0.1, 0.15) is 5.82 Å². The van der Waals surface area contributed by atoms with Gasteiger partial charge in [0.25, 0.3) is 0 Å². The molecule has 0 unspecified atom stereocenters. The number of amides is 2. The molecule has 7 heteroatoms. The third-order valence-electron chi connectivity index (χ3n) is 5.05. The second kappa shape index (κ2) is 8.95. The lowest BCUT2D eigenvalue weighted by Gasteiger charge is -2.25. The molecule has 2 aromatic rings. The van der Waals surface area contributed by atoms with Gasteiger partial charge in [-0.1, -0.05) is 30.3 Å². The molecule has 0 aromatic heterocycles. The first-order valence-corrected chi connectivity index (χ1v) is 9.31. The molecule has 1 aliphatic rings. The van der Waals surface area contributed by atoms with E-state index in [-0.39, 0.29) is 43.2 Å². The Balaban J connectivity index is 1.69. The molecule has 0 bridgehead atoms. The summed E-state index contributed by atoms with van der Waals surface area (Å²) in [6, 6.07) is 15.6. The van der Waals surface area contributed by atoms with E-state index in [1.54, 1.807) is 0 Å². The van der Waals surface area contributed by atoms with Gasteiger partial charge in [0.05, 0.1) is 6.54 Å². The standard InChI is InChI=1S/C21H25FN4O2/c22-16-6-8-17(9-7-16)26(11-10-20(24)27)21(28)14-25-12-18(19(23)13-25)15-4-2-1-3-5-15/h1-9,18-19H,10-14,23H2,(H2,24,27)/t18-,19+/m0/s1. The van der Waals surface area contributed by atoms with Crippen LogP contribution < -0.4 is 16.4 Å². The quantitative estimate of drug-likeness (QED) is 0.756. The Kier molecular flexibility index (Phi) is 6.38. The zero-order chi connectivity index (χ0) is 20.1. The number of primary amides is 1. The molecule has 2 amide bonds. The van der Waals surface area contributed by atoms with Crippen LogP contribution in [-0.2, 0) is 9.59 Å². The van der Waals surface area contributed by atoms with Gasteiger partial charge in [-0.05, 0) is 29.8 Å². The fourth-order valence-electron chi connectivity index (χ4n) is 3.61. The van der Waals surface area contributed by atoms with Crippen LogP contribution in [0.4, 0.5) is 10.1 Å². The molecule has 2 atom stereocenters. The largest absolute Gasteiger partial charge is 0.370 e. The van der Waals surface area contributed by atoms with Crippen molar-refractivity contribution in [2.24, 2.45) is 11.5 Å². The summed E-state index contributed by atoms with van der Waals surface area (Å²) in [5.41, 5.74) is 13.3. The van der Waals surface area contributed by atoms with Gasteiger partial charge in [-0.15, -0.1) is 0 Å². The summed E-state index contributed by atoms with van der Waals surface area (Å²) < 4.78 is 13.2. The lowest BCUT2D eigenvalue weighted by molar-refractivity contribution is -0.119. The van der Waals surface area contributed by atoms with Crippen molar-refractivity contribution in [1.29, 1.82) is 0 Å². The van der Waals surface area contributed by atoms with Crippen LogP contribution in [0.2, 0.25) is 0 Å². The summed E-state index contributed by atoms with van der Waals surface area (Å²) in [5.74, 6) is -0.887. The van der Waals surface area contributed by atoms with Crippen molar-refractivity contribution < 1.29 is 14.0 Å². The van der Waals surface area contributed by atoms with Crippen LogP contribution in [0.15, 0.2) is 54.6 Å². The second-order valence-corrected chi connectivity index (χ2v) is 7.11. The molecule has 6 nitrogen and oxygen atoms in total. The van der Waals surface area contributed by atoms with Crippen molar-refractivity contribution in [2.75, 3.05) is 31.1 Å². The number of benzene rings is 2. The van der Waals surface area contributed by atoms with Gasteiger partial charge < -0.3 is 16.4 Å². The molecule has 4 N–H and O–H groups in total. The van der Waals surface area contributed by atoms with Crippen molar-refractivity contribution in [2.45, 2.75) is 18.4 Å². The monoisotopic (exact) mass is 384 g/mol. The molecule has 1 fully saturated rings. The highest BCUT2D eigenvalue weighted by molar-refractivity contribution is 5.95. The molecule has 2 aromatic carbocycles. The van der Waals surface area contributed by atoms with Gasteiger partial charge in [0, 0.05) is 43.7 Å². The number of hydrogen-bond donors (Lipinski definition) is 2. The summed E-state index contributed by atoms with van der Waals surface area (Å²) in [6.45, 7) is 1.62. The molecule has 0 saturated carbocycles. The summed E-state index contributed by atoms with van der Waals surface area (Å²) in [6.07, 6.45) is 0.0370. The van der Waals surface area contributed by atoms with Crippen LogP contribution in [0.3, 0.4) is 0 Å². The van der Waals surface area contributed by atoms with Crippen molar-refractivity contribution in [3.63, 3.8) is 0 Å². The molecular formula is C21H25FN4O2. The molecular weight excluding hydrogens is 359 g/mol. The number of likely N-dealkylation sites (tertiary alicyclic amines) is 1. The maximum Gasteiger partial charge on any atom is 0.241 e. The third kappa shape index (κ3) is 4.94. The first kappa shape index (κ1) is 20.0. The maximum atomic E-state index is 13.2. The first-order valence-electron chi connectivity index (χ1n) is 9.31. The lowest BCUT2D eigenvalue weighted by atomic mass is 9.95. The van der Waals surface area contributed by atoms with Gasteiger partial charge in [-0.3, -0.25) is 14.5 Å². The average molecular weight is 384 g/mol. The fraction of sp³-hybridized carbons (Fsp3) is 0.333. The number of nitrogens with zero attached hydrogens (tertiary/aromatic N) is 2.